The molecule has 0 heterocycles. The SMILES string of the molecule is CCCCCCCCCNC(CCCl)C(C)C. The van der Waals surface area contributed by atoms with Crippen molar-refractivity contribution in [1.29, 1.82) is 0 Å². The fourth-order valence-corrected chi connectivity index (χ4v) is 2.39. The van der Waals surface area contributed by atoms with Crippen LogP contribution >= 0.6 is 11.6 Å². The molecule has 1 unspecified atom stereocenters. The Morgan fingerprint density at radius 1 is 0.941 bits per heavy atom. The molecule has 0 saturated heterocycles. The lowest BCUT2D eigenvalue weighted by atomic mass is 10.0. The molecule has 0 bridgehead atoms. The van der Waals surface area contributed by atoms with E-state index in [1.807, 2.05) is 0 Å². The zero-order valence-electron chi connectivity index (χ0n) is 12.1. The van der Waals surface area contributed by atoms with Crippen LogP contribution in [-0.2, 0) is 0 Å². The standard InChI is InChI=1S/C15H32ClN/c1-4-5-6-7-8-9-10-13-17-15(11-12-16)14(2)3/h14-15,17H,4-13H2,1-3H3. The smallest absolute Gasteiger partial charge is 0.0238 e. The van der Waals surface area contributed by atoms with Crippen LogP contribution in [0.3, 0.4) is 0 Å². The van der Waals surface area contributed by atoms with Gasteiger partial charge in [0.1, 0.15) is 0 Å². The highest BCUT2D eigenvalue weighted by atomic mass is 35.5. The summed E-state index contributed by atoms with van der Waals surface area (Å²) in [5, 5.41) is 3.64. The van der Waals surface area contributed by atoms with Crippen LogP contribution in [0.25, 0.3) is 0 Å². The van der Waals surface area contributed by atoms with Crippen molar-refractivity contribution in [2.45, 2.75) is 78.2 Å². The Morgan fingerprint density at radius 2 is 1.53 bits per heavy atom. The second kappa shape index (κ2) is 12.7. The van der Waals surface area contributed by atoms with Gasteiger partial charge in [0.05, 0.1) is 0 Å². The van der Waals surface area contributed by atoms with Gasteiger partial charge in [-0.05, 0) is 25.3 Å². The number of halogens is 1. The monoisotopic (exact) mass is 261 g/mol. The van der Waals surface area contributed by atoms with Gasteiger partial charge in [-0.2, -0.15) is 0 Å². The molecule has 0 rings (SSSR count). The zero-order valence-corrected chi connectivity index (χ0v) is 12.9. The van der Waals surface area contributed by atoms with Gasteiger partial charge < -0.3 is 5.32 Å². The van der Waals surface area contributed by atoms with E-state index in [0.29, 0.717) is 12.0 Å². The molecule has 0 aromatic rings. The molecule has 104 valence electrons. The van der Waals surface area contributed by atoms with E-state index < -0.39 is 0 Å². The first kappa shape index (κ1) is 17.2. The van der Waals surface area contributed by atoms with Crippen LogP contribution in [0.5, 0.6) is 0 Å². The summed E-state index contributed by atoms with van der Waals surface area (Å²) in [6.07, 6.45) is 10.8. The minimum absolute atomic E-state index is 0.604. The largest absolute Gasteiger partial charge is 0.314 e. The number of rotatable bonds is 12. The van der Waals surface area contributed by atoms with Crippen molar-refractivity contribution in [2.24, 2.45) is 5.92 Å². The van der Waals surface area contributed by atoms with Gasteiger partial charge in [0.25, 0.3) is 0 Å². The first-order valence-electron chi connectivity index (χ1n) is 7.51. The summed E-state index contributed by atoms with van der Waals surface area (Å²) in [4.78, 5) is 0. The lowest BCUT2D eigenvalue weighted by Gasteiger charge is -2.21. The quantitative estimate of drug-likeness (QED) is 0.386. The maximum absolute atomic E-state index is 5.81. The van der Waals surface area contributed by atoms with E-state index in [1.165, 1.54) is 44.9 Å². The Hall–Kier alpha value is 0.250. The Labute approximate surface area is 114 Å². The fourth-order valence-electron chi connectivity index (χ4n) is 2.16. The molecule has 0 aliphatic carbocycles. The predicted molar refractivity (Wildman–Crippen MR) is 80.0 cm³/mol. The highest BCUT2D eigenvalue weighted by Crippen LogP contribution is 2.09. The summed E-state index contributed by atoms with van der Waals surface area (Å²) in [6.45, 7) is 7.98. The average molecular weight is 262 g/mol. The van der Waals surface area contributed by atoms with Crippen LogP contribution in [0.15, 0.2) is 0 Å². The van der Waals surface area contributed by atoms with Crippen LogP contribution in [-0.4, -0.2) is 18.5 Å². The number of nitrogens with one attached hydrogen (secondary N) is 1. The maximum atomic E-state index is 5.81. The maximum Gasteiger partial charge on any atom is 0.0238 e. The van der Waals surface area contributed by atoms with Crippen molar-refractivity contribution >= 4 is 11.6 Å². The van der Waals surface area contributed by atoms with Gasteiger partial charge in [0.2, 0.25) is 0 Å². The normalized spacial score (nSPS) is 13.2. The van der Waals surface area contributed by atoms with E-state index in [4.69, 9.17) is 11.6 Å². The van der Waals surface area contributed by atoms with Crippen LogP contribution in [0.4, 0.5) is 0 Å². The molecule has 0 saturated carbocycles. The van der Waals surface area contributed by atoms with Crippen molar-refractivity contribution in [3.63, 3.8) is 0 Å². The summed E-state index contributed by atoms with van der Waals surface area (Å²) in [5.41, 5.74) is 0. The van der Waals surface area contributed by atoms with Crippen molar-refractivity contribution < 1.29 is 0 Å². The molecule has 0 aliphatic rings. The van der Waals surface area contributed by atoms with Gasteiger partial charge in [0, 0.05) is 11.9 Å². The van der Waals surface area contributed by atoms with Crippen molar-refractivity contribution in [1.82, 2.24) is 5.32 Å². The molecule has 17 heavy (non-hydrogen) atoms. The molecule has 0 aromatic carbocycles. The van der Waals surface area contributed by atoms with E-state index >= 15 is 0 Å². The molecule has 1 nitrogen and oxygen atoms in total. The van der Waals surface area contributed by atoms with Gasteiger partial charge in [-0.15, -0.1) is 11.6 Å². The van der Waals surface area contributed by atoms with Crippen LogP contribution in [0, 0.1) is 5.92 Å². The van der Waals surface area contributed by atoms with E-state index in [0.717, 1.165) is 18.8 Å². The summed E-state index contributed by atoms with van der Waals surface area (Å²) in [5.74, 6) is 1.46. The third-order valence-electron chi connectivity index (χ3n) is 3.41. The van der Waals surface area contributed by atoms with Crippen LogP contribution in [0.1, 0.15) is 72.1 Å². The molecule has 0 spiro atoms. The minimum atomic E-state index is 0.604. The van der Waals surface area contributed by atoms with Gasteiger partial charge in [-0.3, -0.25) is 0 Å². The molecule has 0 aromatic heterocycles. The second-order valence-electron chi connectivity index (χ2n) is 5.40. The molecular formula is C15H32ClN. The Bertz CT molecular complexity index is 148. The third kappa shape index (κ3) is 11.1. The summed E-state index contributed by atoms with van der Waals surface area (Å²) < 4.78 is 0. The van der Waals surface area contributed by atoms with Gasteiger partial charge in [0.15, 0.2) is 0 Å². The fraction of sp³-hybridized carbons (Fsp3) is 1.00. The van der Waals surface area contributed by atoms with Crippen LogP contribution < -0.4 is 5.32 Å². The highest BCUT2D eigenvalue weighted by Gasteiger charge is 2.10. The molecule has 2 heteroatoms. The lowest BCUT2D eigenvalue weighted by molar-refractivity contribution is 0.385. The van der Waals surface area contributed by atoms with Crippen molar-refractivity contribution in [2.75, 3.05) is 12.4 Å². The topological polar surface area (TPSA) is 12.0 Å². The van der Waals surface area contributed by atoms with E-state index in [2.05, 4.69) is 26.1 Å². The zero-order chi connectivity index (χ0) is 12.9. The van der Waals surface area contributed by atoms with Crippen molar-refractivity contribution in [3.05, 3.63) is 0 Å². The molecule has 0 fully saturated rings. The Morgan fingerprint density at radius 3 is 2.06 bits per heavy atom. The summed E-state index contributed by atoms with van der Waals surface area (Å²) >= 11 is 5.81. The first-order valence-corrected chi connectivity index (χ1v) is 8.05. The number of hydrogen-bond donors (Lipinski definition) is 1. The third-order valence-corrected chi connectivity index (χ3v) is 3.63. The van der Waals surface area contributed by atoms with Crippen LogP contribution in [0.2, 0.25) is 0 Å². The molecular weight excluding hydrogens is 230 g/mol. The number of alkyl halides is 1. The highest BCUT2D eigenvalue weighted by molar-refractivity contribution is 6.17. The van der Waals surface area contributed by atoms with Crippen molar-refractivity contribution in [3.8, 4) is 0 Å². The van der Waals surface area contributed by atoms with E-state index in [1.54, 1.807) is 0 Å². The minimum Gasteiger partial charge on any atom is -0.314 e. The van der Waals surface area contributed by atoms with E-state index in [-0.39, 0.29) is 0 Å². The number of hydrogen-bond acceptors (Lipinski definition) is 1. The predicted octanol–water partition coefficient (Wildman–Crippen LogP) is 4.98. The van der Waals surface area contributed by atoms with Gasteiger partial charge in [-0.25, -0.2) is 0 Å². The number of unbranched alkanes of at least 4 members (excludes halogenated alkanes) is 6. The lowest BCUT2D eigenvalue weighted by Crippen LogP contribution is -2.34. The average Bonchev–Trinajstić information content (AvgIpc) is 2.31. The second-order valence-corrected chi connectivity index (χ2v) is 5.78. The summed E-state index contributed by atoms with van der Waals surface area (Å²) in [7, 11) is 0. The molecule has 1 N–H and O–H groups in total. The summed E-state index contributed by atoms with van der Waals surface area (Å²) in [6, 6.07) is 0.604. The Balaban J connectivity index is 3.30. The molecule has 0 radical (unpaired) electrons. The molecule has 0 amide bonds. The first-order chi connectivity index (χ1) is 8.22. The Kier molecular flexibility index (Phi) is 12.9. The van der Waals surface area contributed by atoms with E-state index in [9.17, 15) is 0 Å². The molecule has 1 atom stereocenters. The van der Waals surface area contributed by atoms with Gasteiger partial charge >= 0.3 is 0 Å². The molecule has 0 aliphatic heterocycles. The van der Waals surface area contributed by atoms with Gasteiger partial charge in [-0.1, -0.05) is 59.3 Å².